The molecule has 0 spiro atoms. The lowest BCUT2D eigenvalue weighted by Crippen LogP contribution is -2.42. The van der Waals surface area contributed by atoms with Crippen molar-refractivity contribution in [2.45, 2.75) is 19.4 Å². The molecular formula is C23H27NO4S. The lowest BCUT2D eigenvalue weighted by molar-refractivity contribution is -0.142. The smallest absolute Gasteiger partial charge is 0.328 e. The van der Waals surface area contributed by atoms with Crippen LogP contribution in [0.25, 0.3) is 17.2 Å². The van der Waals surface area contributed by atoms with Crippen LogP contribution in [0.2, 0.25) is 0 Å². The first kappa shape index (κ1) is 22.6. The van der Waals surface area contributed by atoms with Crippen LogP contribution in [0.5, 0.6) is 0 Å². The predicted octanol–water partition coefficient (Wildman–Crippen LogP) is 4.30. The van der Waals surface area contributed by atoms with E-state index in [-0.39, 0.29) is 5.91 Å². The van der Waals surface area contributed by atoms with Crippen LogP contribution >= 0.6 is 11.8 Å². The number of carbonyl (C=O) groups excluding carboxylic acids is 2. The SMILES string of the molecule is CO/C=C/c1ccc(C(=O)NC(CCSC)C(=O)OC)c(-c2ccccc2C)c1. The van der Waals surface area contributed by atoms with Gasteiger partial charge in [0.25, 0.3) is 5.91 Å². The third kappa shape index (κ3) is 6.12. The molecule has 2 aromatic rings. The molecule has 1 amide bonds. The van der Waals surface area contributed by atoms with Gasteiger partial charge in [-0.2, -0.15) is 11.8 Å². The van der Waals surface area contributed by atoms with Gasteiger partial charge in [0.05, 0.1) is 20.5 Å². The summed E-state index contributed by atoms with van der Waals surface area (Å²) in [5, 5.41) is 2.84. The van der Waals surface area contributed by atoms with E-state index >= 15 is 0 Å². The first-order valence-corrected chi connectivity index (χ1v) is 10.7. The molecule has 0 aliphatic carbocycles. The summed E-state index contributed by atoms with van der Waals surface area (Å²) in [6.07, 6.45) is 5.89. The molecule has 0 saturated carbocycles. The average molecular weight is 414 g/mol. The normalized spacial score (nSPS) is 11.9. The molecule has 2 aromatic carbocycles. The van der Waals surface area contributed by atoms with Crippen molar-refractivity contribution < 1.29 is 19.1 Å². The van der Waals surface area contributed by atoms with E-state index in [2.05, 4.69) is 5.32 Å². The average Bonchev–Trinajstić information content (AvgIpc) is 2.74. The third-order valence-electron chi connectivity index (χ3n) is 4.52. The van der Waals surface area contributed by atoms with Gasteiger partial charge in [0.15, 0.2) is 0 Å². The van der Waals surface area contributed by atoms with Crippen LogP contribution in [-0.4, -0.2) is 44.1 Å². The molecule has 0 aliphatic rings. The van der Waals surface area contributed by atoms with Gasteiger partial charge in [0.1, 0.15) is 6.04 Å². The Balaban J connectivity index is 2.44. The van der Waals surface area contributed by atoms with E-state index in [1.165, 1.54) is 7.11 Å². The summed E-state index contributed by atoms with van der Waals surface area (Å²) in [7, 11) is 2.92. The second kappa shape index (κ2) is 11.3. The Labute approximate surface area is 176 Å². The van der Waals surface area contributed by atoms with Gasteiger partial charge in [-0.15, -0.1) is 0 Å². The number of esters is 1. The Morgan fingerprint density at radius 2 is 1.90 bits per heavy atom. The molecule has 0 fully saturated rings. The largest absolute Gasteiger partial charge is 0.504 e. The Bertz CT molecular complexity index is 879. The van der Waals surface area contributed by atoms with Crippen molar-refractivity contribution in [1.29, 1.82) is 0 Å². The zero-order chi connectivity index (χ0) is 21.2. The topological polar surface area (TPSA) is 64.6 Å². The van der Waals surface area contributed by atoms with E-state index in [1.54, 1.807) is 31.2 Å². The molecule has 0 saturated heterocycles. The molecule has 154 valence electrons. The van der Waals surface area contributed by atoms with Gasteiger partial charge in [-0.25, -0.2) is 4.79 Å². The van der Waals surface area contributed by atoms with Crippen molar-refractivity contribution in [2.75, 3.05) is 26.2 Å². The second-order valence-corrected chi connectivity index (χ2v) is 7.47. The quantitative estimate of drug-likeness (QED) is 0.490. The van der Waals surface area contributed by atoms with Crippen LogP contribution in [0.3, 0.4) is 0 Å². The van der Waals surface area contributed by atoms with E-state index in [0.717, 1.165) is 28.0 Å². The van der Waals surface area contributed by atoms with Crippen molar-refractivity contribution in [1.82, 2.24) is 5.32 Å². The minimum absolute atomic E-state index is 0.304. The van der Waals surface area contributed by atoms with E-state index in [1.807, 2.05) is 55.7 Å². The number of hydrogen-bond acceptors (Lipinski definition) is 5. The van der Waals surface area contributed by atoms with E-state index in [4.69, 9.17) is 9.47 Å². The van der Waals surface area contributed by atoms with Crippen LogP contribution in [0.1, 0.15) is 27.9 Å². The van der Waals surface area contributed by atoms with Crippen LogP contribution < -0.4 is 5.32 Å². The maximum atomic E-state index is 13.1. The molecule has 0 bridgehead atoms. The van der Waals surface area contributed by atoms with Crippen LogP contribution in [0.15, 0.2) is 48.7 Å². The van der Waals surface area contributed by atoms with Crippen molar-refractivity contribution in [3.8, 4) is 11.1 Å². The van der Waals surface area contributed by atoms with Gasteiger partial charge in [-0.05, 0) is 65.8 Å². The van der Waals surface area contributed by atoms with Crippen molar-refractivity contribution in [2.24, 2.45) is 0 Å². The molecule has 1 unspecified atom stereocenters. The van der Waals surface area contributed by atoms with Crippen molar-refractivity contribution in [3.63, 3.8) is 0 Å². The number of ether oxygens (including phenoxy) is 2. The van der Waals surface area contributed by atoms with E-state index in [9.17, 15) is 9.59 Å². The molecule has 1 N–H and O–H groups in total. The number of amides is 1. The minimum Gasteiger partial charge on any atom is -0.504 e. The number of carbonyl (C=O) groups is 2. The molecule has 5 nitrogen and oxygen atoms in total. The van der Waals surface area contributed by atoms with Crippen molar-refractivity contribution >= 4 is 29.7 Å². The molecule has 6 heteroatoms. The zero-order valence-electron chi connectivity index (χ0n) is 17.2. The van der Waals surface area contributed by atoms with Gasteiger partial charge < -0.3 is 14.8 Å². The number of rotatable bonds is 9. The standard InChI is InChI=1S/C23H27NO4S/c1-16-7-5-6-8-18(16)20-15-17(11-13-27-2)9-10-19(20)22(25)24-21(12-14-29-4)23(26)28-3/h5-11,13,15,21H,12,14H2,1-4H3,(H,24,25)/b13-11+. The van der Waals surface area contributed by atoms with Crippen molar-refractivity contribution in [3.05, 3.63) is 65.4 Å². The summed E-state index contributed by atoms with van der Waals surface area (Å²) >= 11 is 1.61. The van der Waals surface area contributed by atoms with E-state index < -0.39 is 12.0 Å². The summed E-state index contributed by atoms with van der Waals surface area (Å²) in [5.41, 5.74) is 4.23. The number of thioether (sulfide) groups is 1. The summed E-state index contributed by atoms with van der Waals surface area (Å²) in [4.78, 5) is 25.2. The van der Waals surface area contributed by atoms with Gasteiger partial charge >= 0.3 is 5.97 Å². The Hall–Kier alpha value is -2.73. The highest BCUT2D eigenvalue weighted by Crippen LogP contribution is 2.28. The highest BCUT2D eigenvalue weighted by Gasteiger charge is 2.23. The molecule has 0 heterocycles. The number of methoxy groups -OCH3 is 2. The molecular weight excluding hydrogens is 386 g/mol. The van der Waals surface area contributed by atoms with E-state index in [0.29, 0.717) is 12.0 Å². The summed E-state index contributed by atoms with van der Waals surface area (Å²) in [5.74, 6) is -0.00245. The number of aryl methyl sites for hydroxylation is 1. The predicted molar refractivity (Wildman–Crippen MR) is 119 cm³/mol. The molecule has 2 rings (SSSR count). The summed E-state index contributed by atoms with van der Waals surface area (Å²) in [6.45, 7) is 2.00. The fraction of sp³-hybridized carbons (Fsp3) is 0.304. The van der Waals surface area contributed by atoms with Crippen LogP contribution in [0.4, 0.5) is 0 Å². The highest BCUT2D eigenvalue weighted by molar-refractivity contribution is 7.98. The maximum absolute atomic E-state index is 13.1. The Kier molecular flexibility index (Phi) is 8.80. The molecule has 0 aliphatic heterocycles. The summed E-state index contributed by atoms with van der Waals surface area (Å²) in [6, 6.07) is 12.8. The number of nitrogens with one attached hydrogen (secondary N) is 1. The highest BCUT2D eigenvalue weighted by atomic mass is 32.2. The molecule has 0 radical (unpaired) electrons. The van der Waals surface area contributed by atoms with Gasteiger partial charge in [0, 0.05) is 5.56 Å². The minimum atomic E-state index is -0.683. The Morgan fingerprint density at radius 1 is 1.14 bits per heavy atom. The second-order valence-electron chi connectivity index (χ2n) is 6.49. The maximum Gasteiger partial charge on any atom is 0.328 e. The third-order valence-corrected chi connectivity index (χ3v) is 5.17. The summed E-state index contributed by atoms with van der Waals surface area (Å²) < 4.78 is 9.87. The lowest BCUT2D eigenvalue weighted by Gasteiger charge is -2.18. The monoisotopic (exact) mass is 413 g/mol. The fourth-order valence-electron chi connectivity index (χ4n) is 2.97. The molecule has 29 heavy (non-hydrogen) atoms. The van der Waals surface area contributed by atoms with Crippen LogP contribution in [0, 0.1) is 6.92 Å². The van der Waals surface area contributed by atoms with Gasteiger partial charge in [-0.3, -0.25) is 4.79 Å². The zero-order valence-corrected chi connectivity index (χ0v) is 18.0. The van der Waals surface area contributed by atoms with Gasteiger partial charge in [-0.1, -0.05) is 30.3 Å². The first-order chi connectivity index (χ1) is 14.0. The number of benzene rings is 2. The fourth-order valence-corrected chi connectivity index (χ4v) is 3.44. The Morgan fingerprint density at radius 3 is 2.55 bits per heavy atom. The van der Waals surface area contributed by atoms with Crippen LogP contribution in [-0.2, 0) is 14.3 Å². The number of hydrogen-bond donors (Lipinski definition) is 1. The van der Waals surface area contributed by atoms with Gasteiger partial charge in [0.2, 0.25) is 0 Å². The lowest BCUT2D eigenvalue weighted by atomic mass is 9.93. The molecule has 0 aromatic heterocycles. The first-order valence-electron chi connectivity index (χ1n) is 9.28. The molecule has 1 atom stereocenters.